The first-order chi connectivity index (χ1) is 14.0. The van der Waals surface area contributed by atoms with Crippen LogP contribution in [-0.2, 0) is 28.8 Å². The molecule has 0 aliphatic carbocycles. The summed E-state index contributed by atoms with van der Waals surface area (Å²) in [5.74, 6) is 0.412. The van der Waals surface area contributed by atoms with Crippen molar-refractivity contribution in [2.45, 2.75) is 89.9 Å². The Bertz CT molecular complexity index is 659. The van der Waals surface area contributed by atoms with E-state index in [0.717, 1.165) is 51.0 Å². The average molecular weight is 471 g/mol. The molecule has 0 unspecified atom stereocenters. The Balaban J connectivity index is 3.41. The molecule has 0 atom stereocenters. The highest BCUT2D eigenvalue weighted by atomic mass is 32.2. The van der Waals surface area contributed by atoms with Gasteiger partial charge in [-0.25, -0.2) is 0 Å². The number of hydrogen-bond donors (Lipinski definition) is 2. The van der Waals surface area contributed by atoms with Gasteiger partial charge in [-0.1, -0.05) is 74.5 Å². The Kier molecular flexibility index (Phi) is 15.3. The summed E-state index contributed by atoms with van der Waals surface area (Å²) >= 11 is 0. The lowest BCUT2D eigenvalue weighted by Crippen LogP contribution is -2.13. The van der Waals surface area contributed by atoms with Gasteiger partial charge in [-0.15, -0.1) is 0 Å². The first-order valence-electron chi connectivity index (χ1n) is 10.4. The van der Waals surface area contributed by atoms with Crippen LogP contribution >= 0.6 is 0 Å². The number of nitrogens with zero attached hydrogens (tertiary/aromatic N) is 2. The lowest BCUT2D eigenvalue weighted by Gasteiger charge is -2.04. The van der Waals surface area contributed by atoms with Crippen LogP contribution in [0.5, 0.6) is 0 Å². The van der Waals surface area contributed by atoms with Crippen LogP contribution in [0.25, 0.3) is 0 Å². The van der Waals surface area contributed by atoms with Crippen LogP contribution in [0.1, 0.15) is 89.9 Å². The molecule has 0 aromatic heterocycles. The van der Waals surface area contributed by atoms with E-state index in [-0.39, 0.29) is 11.7 Å². The summed E-state index contributed by atoms with van der Waals surface area (Å²) in [5, 5.41) is 6.76. The molecule has 0 saturated carbocycles. The lowest BCUT2D eigenvalue weighted by atomic mass is 10.0. The van der Waals surface area contributed by atoms with Crippen LogP contribution < -0.4 is 11.5 Å². The molecule has 0 aromatic rings. The van der Waals surface area contributed by atoms with Gasteiger partial charge in [0.05, 0.1) is 12.5 Å². The SMILES string of the molecule is CS(=O)(=O)O/N=C(\N)CCCCCCCCCCCCCC/C(N)=N/OS(C)(=O)=O. The van der Waals surface area contributed by atoms with Gasteiger partial charge in [-0.2, -0.15) is 16.8 Å². The van der Waals surface area contributed by atoms with Crippen molar-refractivity contribution in [2.75, 3.05) is 12.5 Å². The van der Waals surface area contributed by atoms with Crippen molar-refractivity contribution in [3.63, 3.8) is 0 Å². The maximum absolute atomic E-state index is 10.8. The molecule has 10 nitrogen and oxygen atoms in total. The number of hydrogen-bond acceptors (Lipinski definition) is 8. The van der Waals surface area contributed by atoms with Gasteiger partial charge < -0.3 is 11.5 Å². The Morgan fingerprint density at radius 3 is 1.03 bits per heavy atom. The largest absolute Gasteiger partial charge is 0.384 e. The normalized spacial score (nSPS) is 13.4. The first-order valence-corrected chi connectivity index (χ1v) is 14.0. The summed E-state index contributed by atoms with van der Waals surface area (Å²) in [5.41, 5.74) is 11.2. The van der Waals surface area contributed by atoms with Crippen LogP contribution in [0.3, 0.4) is 0 Å². The molecule has 0 spiro atoms. The molecule has 178 valence electrons. The fourth-order valence-electron chi connectivity index (χ4n) is 2.70. The summed E-state index contributed by atoms with van der Waals surface area (Å²) < 4.78 is 51.7. The van der Waals surface area contributed by atoms with Crippen molar-refractivity contribution >= 4 is 31.9 Å². The number of unbranched alkanes of at least 4 members (excludes halogenated alkanes) is 11. The molecule has 0 bridgehead atoms. The van der Waals surface area contributed by atoms with Crippen molar-refractivity contribution in [3.05, 3.63) is 0 Å². The van der Waals surface area contributed by atoms with Gasteiger partial charge in [0.2, 0.25) is 0 Å². The molecular formula is C18H38N4O6S2. The van der Waals surface area contributed by atoms with Gasteiger partial charge in [0, 0.05) is 12.8 Å². The molecule has 0 rings (SSSR count). The second kappa shape index (κ2) is 16.2. The van der Waals surface area contributed by atoms with E-state index in [0.29, 0.717) is 12.8 Å². The van der Waals surface area contributed by atoms with Crippen LogP contribution in [0.15, 0.2) is 10.3 Å². The van der Waals surface area contributed by atoms with Gasteiger partial charge in [0.1, 0.15) is 11.7 Å². The van der Waals surface area contributed by atoms with Crippen LogP contribution in [0, 0.1) is 0 Å². The third-order valence-electron chi connectivity index (χ3n) is 4.20. The van der Waals surface area contributed by atoms with E-state index < -0.39 is 20.2 Å². The Morgan fingerprint density at radius 1 is 0.567 bits per heavy atom. The van der Waals surface area contributed by atoms with Gasteiger partial charge in [0.25, 0.3) is 0 Å². The van der Waals surface area contributed by atoms with E-state index >= 15 is 0 Å². The molecule has 0 saturated heterocycles. The standard InChI is InChI=1S/C18H38N4O6S2/c1-29(23,24)27-21-17(19)15-13-11-9-7-5-3-4-6-8-10-12-14-16-18(20)22-28-30(2,25)26/h3-16H2,1-2H3,(H2,19,21)(H2,20,22). The van der Waals surface area contributed by atoms with Gasteiger partial charge in [-0.05, 0) is 12.8 Å². The maximum atomic E-state index is 10.8. The smallest absolute Gasteiger partial charge is 0.325 e. The maximum Gasteiger partial charge on any atom is 0.325 e. The summed E-state index contributed by atoms with van der Waals surface area (Å²) in [7, 11) is -7.17. The molecule has 0 heterocycles. The van der Waals surface area contributed by atoms with E-state index in [1.165, 1.54) is 38.5 Å². The molecule has 0 aliphatic rings. The van der Waals surface area contributed by atoms with E-state index in [1.807, 2.05) is 0 Å². The predicted molar refractivity (Wildman–Crippen MR) is 120 cm³/mol. The molecular weight excluding hydrogens is 432 g/mol. The van der Waals surface area contributed by atoms with E-state index in [1.54, 1.807) is 0 Å². The molecule has 0 aromatic carbocycles. The first kappa shape index (κ1) is 28.4. The average Bonchev–Trinajstić information content (AvgIpc) is 2.63. The molecule has 0 amide bonds. The zero-order valence-electron chi connectivity index (χ0n) is 18.2. The van der Waals surface area contributed by atoms with Crippen LogP contribution in [0.2, 0.25) is 0 Å². The van der Waals surface area contributed by atoms with Gasteiger partial charge >= 0.3 is 20.2 Å². The Hall–Kier alpha value is -1.56. The molecule has 30 heavy (non-hydrogen) atoms. The van der Waals surface area contributed by atoms with Crippen LogP contribution in [0.4, 0.5) is 0 Å². The van der Waals surface area contributed by atoms with Gasteiger partial charge in [-0.3, -0.25) is 8.57 Å². The highest BCUT2D eigenvalue weighted by molar-refractivity contribution is 7.86. The molecule has 0 aliphatic heterocycles. The van der Waals surface area contributed by atoms with Crippen molar-refractivity contribution in [3.8, 4) is 0 Å². The summed E-state index contributed by atoms with van der Waals surface area (Å²) in [4.78, 5) is 0. The number of oxime groups is 2. The van der Waals surface area contributed by atoms with Crippen molar-refractivity contribution < 1.29 is 25.4 Å². The highest BCUT2D eigenvalue weighted by Gasteiger charge is 2.02. The minimum Gasteiger partial charge on any atom is -0.384 e. The second-order valence-electron chi connectivity index (χ2n) is 7.47. The molecule has 0 radical (unpaired) electrons. The fraction of sp³-hybridized carbons (Fsp3) is 0.889. The van der Waals surface area contributed by atoms with Crippen molar-refractivity contribution in [1.82, 2.24) is 0 Å². The number of amidine groups is 2. The third kappa shape index (κ3) is 22.7. The third-order valence-corrected chi connectivity index (χ3v) is 4.89. The second-order valence-corrected chi connectivity index (χ2v) is 10.6. The molecule has 4 N–H and O–H groups in total. The fourth-order valence-corrected chi connectivity index (χ4v) is 3.16. The van der Waals surface area contributed by atoms with Gasteiger partial charge in [0.15, 0.2) is 0 Å². The van der Waals surface area contributed by atoms with E-state index in [4.69, 9.17) is 11.5 Å². The summed E-state index contributed by atoms with van der Waals surface area (Å²) in [6.45, 7) is 0. The van der Waals surface area contributed by atoms with E-state index in [9.17, 15) is 16.8 Å². The molecule has 12 heteroatoms. The minimum absolute atomic E-state index is 0.206. The Morgan fingerprint density at radius 2 is 0.800 bits per heavy atom. The summed E-state index contributed by atoms with van der Waals surface area (Å²) in [6, 6.07) is 0. The number of rotatable bonds is 19. The van der Waals surface area contributed by atoms with E-state index in [2.05, 4.69) is 18.9 Å². The lowest BCUT2D eigenvalue weighted by molar-refractivity contribution is 0.340. The van der Waals surface area contributed by atoms with Crippen LogP contribution in [-0.4, -0.2) is 41.0 Å². The molecule has 0 fully saturated rings. The predicted octanol–water partition coefficient (Wildman–Crippen LogP) is 2.94. The zero-order chi connectivity index (χ0) is 22.9. The summed E-state index contributed by atoms with van der Waals surface area (Å²) in [6.07, 6.45) is 16.3. The highest BCUT2D eigenvalue weighted by Crippen LogP contribution is 2.13. The monoisotopic (exact) mass is 470 g/mol. The minimum atomic E-state index is -3.59. The van der Waals surface area contributed by atoms with Crippen molar-refractivity contribution in [2.24, 2.45) is 21.8 Å². The van der Waals surface area contributed by atoms with Crippen molar-refractivity contribution in [1.29, 1.82) is 0 Å². The topological polar surface area (TPSA) is 163 Å². The zero-order valence-corrected chi connectivity index (χ0v) is 19.8. The Labute approximate surface area is 181 Å². The quantitative estimate of drug-likeness (QED) is 0.126. The number of nitrogens with two attached hydrogens (primary N) is 2.